The lowest BCUT2D eigenvalue weighted by atomic mass is 9.96. The molecule has 1 heterocycles. The van der Waals surface area contributed by atoms with Crippen LogP contribution in [0.2, 0.25) is 5.02 Å². The molecule has 0 unspecified atom stereocenters. The largest absolute Gasteiger partial charge is 0.338 e. The average Bonchev–Trinajstić information content (AvgIpc) is 2.47. The molecule has 7 heteroatoms. The number of halogens is 1. The van der Waals surface area contributed by atoms with Crippen LogP contribution < -0.4 is 5.32 Å². The van der Waals surface area contributed by atoms with Crippen molar-refractivity contribution >= 4 is 23.2 Å². The minimum Gasteiger partial charge on any atom is -0.338 e. The SMILES string of the molecule is CNCC1CCN(C(=O)c2c(Cl)cccc2[N+](=O)[O-])CC1. The monoisotopic (exact) mass is 311 g/mol. The maximum atomic E-state index is 12.5. The van der Waals surface area contributed by atoms with Crippen molar-refractivity contribution in [3.8, 4) is 0 Å². The first-order valence-corrected chi connectivity index (χ1v) is 7.29. The van der Waals surface area contributed by atoms with E-state index >= 15 is 0 Å². The average molecular weight is 312 g/mol. The zero-order valence-corrected chi connectivity index (χ0v) is 12.6. The van der Waals surface area contributed by atoms with Crippen molar-refractivity contribution < 1.29 is 9.72 Å². The first-order valence-electron chi connectivity index (χ1n) is 6.91. The van der Waals surface area contributed by atoms with Gasteiger partial charge in [-0.2, -0.15) is 0 Å². The number of rotatable bonds is 4. The van der Waals surface area contributed by atoms with E-state index in [-0.39, 0.29) is 22.2 Å². The molecule has 1 aromatic rings. The van der Waals surface area contributed by atoms with E-state index in [1.165, 1.54) is 18.2 Å². The fraction of sp³-hybridized carbons (Fsp3) is 0.500. The van der Waals surface area contributed by atoms with Gasteiger partial charge in [-0.15, -0.1) is 0 Å². The quantitative estimate of drug-likeness (QED) is 0.684. The summed E-state index contributed by atoms with van der Waals surface area (Å²) in [4.78, 5) is 24.7. The molecule has 0 aliphatic carbocycles. The normalized spacial score (nSPS) is 16.0. The van der Waals surface area contributed by atoms with Gasteiger partial charge in [0.25, 0.3) is 11.6 Å². The van der Waals surface area contributed by atoms with Gasteiger partial charge in [-0.1, -0.05) is 17.7 Å². The van der Waals surface area contributed by atoms with Gasteiger partial charge in [0.15, 0.2) is 0 Å². The first-order chi connectivity index (χ1) is 10.0. The van der Waals surface area contributed by atoms with Gasteiger partial charge in [-0.3, -0.25) is 14.9 Å². The topological polar surface area (TPSA) is 75.5 Å². The van der Waals surface area contributed by atoms with Gasteiger partial charge in [0.1, 0.15) is 5.56 Å². The molecule has 1 aliphatic rings. The Morgan fingerprint density at radius 2 is 2.14 bits per heavy atom. The minimum absolute atomic E-state index is 0.00349. The van der Waals surface area contributed by atoms with Crippen LogP contribution >= 0.6 is 11.6 Å². The van der Waals surface area contributed by atoms with E-state index in [1.54, 1.807) is 4.90 Å². The van der Waals surface area contributed by atoms with E-state index in [2.05, 4.69) is 5.32 Å². The predicted octanol–water partition coefficient (Wildman–Crippen LogP) is 2.32. The first kappa shape index (κ1) is 15.7. The second-order valence-electron chi connectivity index (χ2n) is 5.18. The van der Waals surface area contributed by atoms with Gasteiger partial charge in [0.2, 0.25) is 0 Å². The summed E-state index contributed by atoms with van der Waals surface area (Å²) >= 11 is 6.00. The zero-order chi connectivity index (χ0) is 15.4. The summed E-state index contributed by atoms with van der Waals surface area (Å²) in [6.45, 7) is 2.13. The molecule has 0 saturated carbocycles. The molecule has 2 rings (SSSR count). The summed E-state index contributed by atoms with van der Waals surface area (Å²) in [6.07, 6.45) is 1.79. The fourth-order valence-electron chi connectivity index (χ4n) is 2.66. The highest BCUT2D eigenvalue weighted by molar-refractivity contribution is 6.34. The van der Waals surface area contributed by atoms with Crippen molar-refractivity contribution in [3.63, 3.8) is 0 Å². The summed E-state index contributed by atoms with van der Waals surface area (Å²) < 4.78 is 0. The molecule has 0 aromatic heterocycles. The standard InChI is InChI=1S/C14H18ClN3O3/c1-16-9-10-5-7-17(8-6-10)14(19)13-11(15)3-2-4-12(13)18(20)21/h2-4,10,16H,5-9H2,1H3. The lowest BCUT2D eigenvalue weighted by Crippen LogP contribution is -2.40. The molecule has 1 fully saturated rings. The second kappa shape index (κ2) is 6.87. The smallest absolute Gasteiger partial charge is 0.283 e. The molecule has 1 amide bonds. The van der Waals surface area contributed by atoms with Crippen LogP contribution in [0.1, 0.15) is 23.2 Å². The Morgan fingerprint density at radius 1 is 1.48 bits per heavy atom. The molecule has 1 saturated heterocycles. The number of carbonyl (C=O) groups is 1. The van der Waals surface area contributed by atoms with Gasteiger partial charge < -0.3 is 10.2 Å². The second-order valence-corrected chi connectivity index (χ2v) is 5.59. The number of nitrogens with zero attached hydrogens (tertiary/aromatic N) is 2. The Bertz CT molecular complexity index is 542. The Labute approximate surface area is 128 Å². The highest BCUT2D eigenvalue weighted by Gasteiger charge is 2.29. The van der Waals surface area contributed by atoms with Gasteiger partial charge in [-0.05, 0) is 38.4 Å². The summed E-state index contributed by atoms with van der Waals surface area (Å²) in [5, 5.41) is 14.3. The highest BCUT2D eigenvalue weighted by atomic mass is 35.5. The van der Waals surface area contributed by atoms with Crippen LogP contribution in [0.5, 0.6) is 0 Å². The number of benzene rings is 1. The zero-order valence-electron chi connectivity index (χ0n) is 11.8. The fourth-order valence-corrected chi connectivity index (χ4v) is 2.91. The van der Waals surface area contributed by atoms with Crippen molar-refractivity contribution in [2.45, 2.75) is 12.8 Å². The summed E-state index contributed by atoms with van der Waals surface area (Å²) in [5.41, 5.74) is -0.235. The number of nitro groups is 1. The van der Waals surface area contributed by atoms with Crippen LogP contribution in [0.3, 0.4) is 0 Å². The van der Waals surface area contributed by atoms with Crippen molar-refractivity contribution in [1.82, 2.24) is 10.2 Å². The summed E-state index contributed by atoms with van der Waals surface area (Å²) in [5.74, 6) is 0.190. The third-order valence-electron chi connectivity index (χ3n) is 3.80. The number of likely N-dealkylation sites (tertiary alicyclic amines) is 1. The molecular formula is C14H18ClN3O3. The van der Waals surface area contributed by atoms with Crippen molar-refractivity contribution in [2.75, 3.05) is 26.7 Å². The van der Waals surface area contributed by atoms with Crippen molar-refractivity contribution in [1.29, 1.82) is 0 Å². The van der Waals surface area contributed by atoms with Crippen LogP contribution in [0.15, 0.2) is 18.2 Å². The number of amides is 1. The van der Waals surface area contributed by atoms with Crippen LogP contribution in [-0.2, 0) is 0 Å². The summed E-state index contributed by atoms with van der Waals surface area (Å²) in [7, 11) is 1.91. The molecule has 114 valence electrons. The van der Waals surface area contributed by atoms with E-state index in [1.807, 2.05) is 7.05 Å². The van der Waals surface area contributed by atoms with Gasteiger partial charge >= 0.3 is 0 Å². The molecule has 1 aromatic carbocycles. The number of hydrogen-bond acceptors (Lipinski definition) is 4. The van der Waals surface area contributed by atoms with E-state index in [0.717, 1.165) is 19.4 Å². The van der Waals surface area contributed by atoms with Crippen LogP contribution in [0.25, 0.3) is 0 Å². The van der Waals surface area contributed by atoms with Gasteiger partial charge in [-0.25, -0.2) is 0 Å². The molecular weight excluding hydrogens is 294 g/mol. The van der Waals surface area contributed by atoms with E-state index in [4.69, 9.17) is 11.6 Å². The van der Waals surface area contributed by atoms with Gasteiger partial charge in [0, 0.05) is 19.2 Å². The van der Waals surface area contributed by atoms with E-state index in [0.29, 0.717) is 19.0 Å². The highest BCUT2D eigenvalue weighted by Crippen LogP contribution is 2.29. The molecule has 1 N–H and O–H groups in total. The van der Waals surface area contributed by atoms with Crippen molar-refractivity contribution in [2.24, 2.45) is 5.92 Å². The molecule has 0 atom stereocenters. The summed E-state index contributed by atoms with van der Waals surface area (Å²) in [6, 6.07) is 4.30. The third kappa shape index (κ3) is 3.51. The Balaban J connectivity index is 2.16. The lowest BCUT2D eigenvalue weighted by molar-refractivity contribution is -0.385. The molecule has 0 radical (unpaired) electrons. The van der Waals surface area contributed by atoms with Crippen LogP contribution in [0.4, 0.5) is 5.69 Å². The molecule has 1 aliphatic heterocycles. The Kier molecular flexibility index (Phi) is 5.14. The maximum Gasteiger partial charge on any atom is 0.283 e. The van der Waals surface area contributed by atoms with E-state index < -0.39 is 4.92 Å². The Hall–Kier alpha value is -1.66. The number of nitrogens with one attached hydrogen (secondary N) is 1. The molecule has 6 nitrogen and oxygen atoms in total. The number of carbonyl (C=O) groups excluding carboxylic acids is 1. The Morgan fingerprint density at radius 3 is 2.71 bits per heavy atom. The molecule has 0 spiro atoms. The van der Waals surface area contributed by atoms with Crippen molar-refractivity contribution in [3.05, 3.63) is 38.9 Å². The third-order valence-corrected chi connectivity index (χ3v) is 4.11. The van der Waals surface area contributed by atoms with E-state index in [9.17, 15) is 14.9 Å². The lowest BCUT2D eigenvalue weighted by Gasteiger charge is -2.32. The van der Waals surface area contributed by atoms with Crippen LogP contribution in [-0.4, -0.2) is 42.4 Å². The predicted molar refractivity (Wildman–Crippen MR) is 80.7 cm³/mol. The van der Waals surface area contributed by atoms with Gasteiger partial charge in [0.05, 0.1) is 9.95 Å². The van der Waals surface area contributed by atoms with Crippen LogP contribution in [0, 0.1) is 16.0 Å². The minimum atomic E-state index is -0.563. The molecule has 0 bridgehead atoms. The number of hydrogen-bond donors (Lipinski definition) is 1. The molecule has 21 heavy (non-hydrogen) atoms. The number of nitro benzene ring substituents is 1. The number of piperidine rings is 1. The maximum absolute atomic E-state index is 12.5.